The second kappa shape index (κ2) is 4.81. The van der Waals surface area contributed by atoms with Gasteiger partial charge in [0.25, 0.3) is 0 Å². The van der Waals surface area contributed by atoms with Crippen molar-refractivity contribution >= 4 is 0 Å². The lowest BCUT2D eigenvalue weighted by Gasteiger charge is -2.12. The molecular formula is C14H14O2. The maximum absolute atomic E-state index is 9.34. The maximum atomic E-state index is 9.34. The van der Waals surface area contributed by atoms with Gasteiger partial charge in [0.2, 0.25) is 0 Å². The molecule has 2 aromatic carbocycles. The van der Waals surface area contributed by atoms with Crippen LogP contribution in [0.4, 0.5) is 0 Å². The average molecular weight is 214 g/mol. The highest BCUT2D eigenvalue weighted by Gasteiger charge is 2.09. The number of aliphatic hydroxyl groups excluding tert-OH is 1. The molecule has 0 fully saturated rings. The van der Waals surface area contributed by atoms with E-state index in [4.69, 9.17) is 4.74 Å². The van der Waals surface area contributed by atoms with E-state index in [0.29, 0.717) is 0 Å². The molecule has 0 spiro atoms. The van der Waals surface area contributed by atoms with Gasteiger partial charge in [-0.3, -0.25) is 0 Å². The van der Waals surface area contributed by atoms with Crippen LogP contribution in [0.5, 0.6) is 5.75 Å². The monoisotopic (exact) mass is 214 g/mol. The van der Waals surface area contributed by atoms with Gasteiger partial charge in [-0.15, -0.1) is 0 Å². The molecule has 0 bridgehead atoms. The fourth-order valence-electron chi connectivity index (χ4n) is 1.81. The first kappa shape index (κ1) is 10.7. The zero-order chi connectivity index (χ0) is 11.4. The van der Waals surface area contributed by atoms with Crippen molar-refractivity contribution in [3.63, 3.8) is 0 Å². The van der Waals surface area contributed by atoms with E-state index in [1.165, 1.54) is 0 Å². The van der Waals surface area contributed by atoms with E-state index in [0.717, 1.165) is 22.4 Å². The number of hydrogen-bond acceptors (Lipinski definition) is 2. The summed E-state index contributed by atoms with van der Waals surface area (Å²) < 4.78 is 5.33. The second-order valence-electron chi connectivity index (χ2n) is 3.52. The van der Waals surface area contributed by atoms with Crippen LogP contribution in [0.3, 0.4) is 0 Å². The summed E-state index contributed by atoms with van der Waals surface area (Å²) in [5.41, 5.74) is 2.91. The lowest BCUT2D eigenvalue weighted by atomic mass is 9.99. The van der Waals surface area contributed by atoms with Crippen molar-refractivity contribution in [1.29, 1.82) is 0 Å². The van der Waals surface area contributed by atoms with Crippen molar-refractivity contribution in [3.8, 4) is 16.9 Å². The van der Waals surface area contributed by atoms with Gasteiger partial charge in [0.1, 0.15) is 5.75 Å². The van der Waals surface area contributed by atoms with Crippen LogP contribution in [0.15, 0.2) is 48.5 Å². The molecule has 0 radical (unpaired) electrons. The summed E-state index contributed by atoms with van der Waals surface area (Å²) in [7, 11) is 1.64. The van der Waals surface area contributed by atoms with Crippen LogP contribution < -0.4 is 4.74 Å². The molecule has 2 nitrogen and oxygen atoms in total. The van der Waals surface area contributed by atoms with Crippen LogP contribution in [-0.2, 0) is 6.61 Å². The van der Waals surface area contributed by atoms with E-state index >= 15 is 0 Å². The standard InChI is InChI=1S/C14H14O2/c1-16-13-9-5-8-12(10-15)14(13)11-6-3-2-4-7-11/h2-9,15H,10H2,1H3. The fraction of sp³-hybridized carbons (Fsp3) is 0.143. The fourth-order valence-corrected chi connectivity index (χ4v) is 1.81. The summed E-state index contributed by atoms with van der Waals surface area (Å²) in [6.45, 7) is 0.0153. The van der Waals surface area contributed by atoms with Crippen molar-refractivity contribution < 1.29 is 9.84 Å². The van der Waals surface area contributed by atoms with Gasteiger partial charge in [-0.25, -0.2) is 0 Å². The maximum Gasteiger partial charge on any atom is 0.127 e. The van der Waals surface area contributed by atoms with Crippen LogP contribution in [0, 0.1) is 0 Å². The third-order valence-electron chi connectivity index (χ3n) is 2.57. The molecule has 0 amide bonds. The zero-order valence-electron chi connectivity index (χ0n) is 9.18. The molecule has 0 atom stereocenters. The van der Waals surface area contributed by atoms with Crippen molar-refractivity contribution in [1.82, 2.24) is 0 Å². The topological polar surface area (TPSA) is 29.5 Å². The number of rotatable bonds is 3. The molecule has 16 heavy (non-hydrogen) atoms. The van der Waals surface area contributed by atoms with Gasteiger partial charge in [-0.2, -0.15) is 0 Å². The normalized spacial score (nSPS) is 10.1. The highest BCUT2D eigenvalue weighted by atomic mass is 16.5. The third-order valence-corrected chi connectivity index (χ3v) is 2.57. The first-order chi connectivity index (χ1) is 7.86. The zero-order valence-corrected chi connectivity index (χ0v) is 9.18. The Morgan fingerprint density at radius 1 is 1.00 bits per heavy atom. The Morgan fingerprint density at radius 2 is 1.75 bits per heavy atom. The SMILES string of the molecule is COc1cccc(CO)c1-c1ccccc1. The largest absolute Gasteiger partial charge is 0.496 e. The van der Waals surface area contributed by atoms with Crippen molar-refractivity contribution in [3.05, 3.63) is 54.1 Å². The molecule has 0 aromatic heterocycles. The predicted octanol–water partition coefficient (Wildman–Crippen LogP) is 2.85. The highest BCUT2D eigenvalue weighted by Crippen LogP contribution is 2.33. The Kier molecular flexibility index (Phi) is 3.22. The predicted molar refractivity (Wildman–Crippen MR) is 64.4 cm³/mol. The molecule has 0 heterocycles. The van der Waals surface area contributed by atoms with E-state index in [1.807, 2.05) is 48.5 Å². The summed E-state index contributed by atoms with van der Waals surface area (Å²) in [6.07, 6.45) is 0. The van der Waals surface area contributed by atoms with Gasteiger partial charge >= 0.3 is 0 Å². The first-order valence-electron chi connectivity index (χ1n) is 5.19. The molecule has 2 rings (SSSR count). The average Bonchev–Trinajstić information content (AvgIpc) is 2.38. The van der Waals surface area contributed by atoms with E-state index in [1.54, 1.807) is 7.11 Å². The number of ether oxygens (including phenoxy) is 1. The molecule has 2 heteroatoms. The summed E-state index contributed by atoms with van der Waals surface area (Å²) in [5.74, 6) is 0.790. The molecule has 82 valence electrons. The number of aliphatic hydroxyl groups is 1. The number of benzene rings is 2. The van der Waals surface area contributed by atoms with E-state index in [9.17, 15) is 5.11 Å². The van der Waals surface area contributed by atoms with E-state index in [-0.39, 0.29) is 6.61 Å². The van der Waals surface area contributed by atoms with Gasteiger partial charge in [0.15, 0.2) is 0 Å². The van der Waals surface area contributed by atoms with Crippen LogP contribution in [-0.4, -0.2) is 12.2 Å². The van der Waals surface area contributed by atoms with Gasteiger partial charge in [-0.05, 0) is 17.2 Å². The van der Waals surface area contributed by atoms with Crippen molar-refractivity contribution in [2.75, 3.05) is 7.11 Å². The molecule has 1 N–H and O–H groups in total. The van der Waals surface area contributed by atoms with Gasteiger partial charge in [0, 0.05) is 5.56 Å². The Morgan fingerprint density at radius 3 is 2.38 bits per heavy atom. The minimum atomic E-state index is 0.0153. The summed E-state index contributed by atoms with van der Waals surface area (Å²) in [6, 6.07) is 15.6. The van der Waals surface area contributed by atoms with E-state index < -0.39 is 0 Å². The molecule has 0 aliphatic heterocycles. The van der Waals surface area contributed by atoms with Gasteiger partial charge < -0.3 is 9.84 Å². The Labute approximate surface area is 95.1 Å². The lowest BCUT2D eigenvalue weighted by molar-refractivity contribution is 0.281. The molecule has 0 aliphatic rings. The Balaban J connectivity index is 2.62. The second-order valence-corrected chi connectivity index (χ2v) is 3.52. The minimum absolute atomic E-state index is 0.0153. The number of hydrogen-bond donors (Lipinski definition) is 1. The Hall–Kier alpha value is -1.80. The molecule has 0 unspecified atom stereocenters. The van der Waals surface area contributed by atoms with Gasteiger partial charge in [0.05, 0.1) is 13.7 Å². The lowest BCUT2D eigenvalue weighted by Crippen LogP contribution is -1.94. The molecule has 0 aliphatic carbocycles. The van der Waals surface area contributed by atoms with Gasteiger partial charge in [-0.1, -0.05) is 42.5 Å². The van der Waals surface area contributed by atoms with Crippen LogP contribution >= 0.6 is 0 Å². The van der Waals surface area contributed by atoms with Crippen molar-refractivity contribution in [2.24, 2.45) is 0 Å². The Bertz CT molecular complexity index is 441. The minimum Gasteiger partial charge on any atom is -0.496 e. The highest BCUT2D eigenvalue weighted by molar-refractivity contribution is 5.73. The van der Waals surface area contributed by atoms with E-state index in [2.05, 4.69) is 0 Å². The first-order valence-corrected chi connectivity index (χ1v) is 5.19. The molecular weight excluding hydrogens is 200 g/mol. The summed E-state index contributed by atoms with van der Waals surface area (Å²) in [4.78, 5) is 0. The number of methoxy groups -OCH3 is 1. The smallest absolute Gasteiger partial charge is 0.127 e. The molecule has 0 saturated heterocycles. The van der Waals surface area contributed by atoms with Crippen LogP contribution in [0.1, 0.15) is 5.56 Å². The summed E-state index contributed by atoms with van der Waals surface area (Å²) in [5, 5.41) is 9.34. The van der Waals surface area contributed by atoms with Crippen LogP contribution in [0.25, 0.3) is 11.1 Å². The third kappa shape index (κ3) is 1.92. The molecule has 2 aromatic rings. The quantitative estimate of drug-likeness (QED) is 0.851. The van der Waals surface area contributed by atoms with Crippen LogP contribution in [0.2, 0.25) is 0 Å². The molecule has 0 saturated carbocycles. The summed E-state index contributed by atoms with van der Waals surface area (Å²) >= 11 is 0. The van der Waals surface area contributed by atoms with Crippen molar-refractivity contribution in [2.45, 2.75) is 6.61 Å².